The molecule has 14 heavy (non-hydrogen) atoms. The van der Waals surface area contributed by atoms with Crippen LogP contribution in [0.4, 0.5) is 0 Å². The Morgan fingerprint density at radius 3 is 2.86 bits per heavy atom. The average Bonchev–Trinajstić information content (AvgIpc) is 2.19. The van der Waals surface area contributed by atoms with E-state index in [9.17, 15) is 0 Å². The second-order valence-electron chi connectivity index (χ2n) is 3.06. The Morgan fingerprint density at radius 1 is 1.43 bits per heavy atom. The lowest BCUT2D eigenvalue weighted by Gasteiger charge is -2.07. The fourth-order valence-corrected chi connectivity index (χ4v) is 1.04. The Bertz CT molecular complexity index is 305. The summed E-state index contributed by atoms with van der Waals surface area (Å²) in [5.41, 5.74) is 2.13. The molecule has 0 unspecified atom stereocenters. The number of rotatable bonds is 5. The van der Waals surface area contributed by atoms with Crippen LogP contribution in [-0.4, -0.2) is 13.4 Å². The van der Waals surface area contributed by atoms with Crippen LogP contribution in [0.3, 0.4) is 0 Å². The molecule has 0 aliphatic heterocycles. The van der Waals surface area contributed by atoms with E-state index >= 15 is 0 Å². The quantitative estimate of drug-likeness (QED) is 0.527. The van der Waals surface area contributed by atoms with Gasteiger partial charge in [-0.15, -0.1) is 0 Å². The number of allylic oxidation sites excluding steroid dienone is 1. The van der Waals surface area contributed by atoms with Crippen LogP contribution < -0.4 is 4.74 Å². The number of benzene rings is 1. The van der Waals surface area contributed by atoms with Gasteiger partial charge >= 0.3 is 0 Å². The monoisotopic (exact) mass is 192 g/mol. The minimum atomic E-state index is 0.302. The van der Waals surface area contributed by atoms with Crippen molar-refractivity contribution in [3.63, 3.8) is 0 Å². The van der Waals surface area contributed by atoms with E-state index in [0.29, 0.717) is 13.4 Å². The molecule has 1 aromatic carbocycles. The third-order valence-electron chi connectivity index (χ3n) is 1.84. The van der Waals surface area contributed by atoms with Gasteiger partial charge in [-0.1, -0.05) is 24.3 Å². The molecule has 0 heterocycles. The largest absolute Gasteiger partial charge is 0.468 e. The Kier molecular flexibility index (Phi) is 4.20. The van der Waals surface area contributed by atoms with Crippen LogP contribution in [0.2, 0.25) is 0 Å². The molecule has 2 nitrogen and oxygen atoms in total. The highest BCUT2D eigenvalue weighted by molar-refractivity contribution is 5.62. The molecule has 0 aliphatic carbocycles. The maximum Gasteiger partial charge on any atom is 0.189 e. The maximum atomic E-state index is 5.37. The van der Waals surface area contributed by atoms with Gasteiger partial charge in [-0.25, -0.2) is 0 Å². The van der Waals surface area contributed by atoms with E-state index in [1.165, 1.54) is 0 Å². The van der Waals surface area contributed by atoms with Crippen LogP contribution in [0, 0.1) is 0 Å². The van der Waals surface area contributed by atoms with Crippen molar-refractivity contribution >= 4 is 5.57 Å². The molecule has 0 radical (unpaired) electrons. The highest BCUT2D eigenvalue weighted by Crippen LogP contribution is 2.18. The maximum absolute atomic E-state index is 5.37. The Morgan fingerprint density at radius 2 is 2.21 bits per heavy atom. The molecule has 0 spiro atoms. The summed E-state index contributed by atoms with van der Waals surface area (Å²) in [4.78, 5) is 0. The molecule has 76 valence electrons. The van der Waals surface area contributed by atoms with Gasteiger partial charge in [0.15, 0.2) is 6.79 Å². The van der Waals surface area contributed by atoms with E-state index in [1.807, 2.05) is 38.1 Å². The first-order valence-corrected chi connectivity index (χ1v) is 4.70. The van der Waals surface area contributed by atoms with Gasteiger partial charge in [0.2, 0.25) is 0 Å². The molecular weight excluding hydrogens is 176 g/mol. The third-order valence-corrected chi connectivity index (χ3v) is 1.84. The molecule has 0 aromatic heterocycles. The molecule has 0 atom stereocenters. The Labute approximate surface area is 85.2 Å². The first-order chi connectivity index (χ1) is 6.74. The fraction of sp³-hybridized carbons (Fsp3) is 0.333. The summed E-state index contributed by atoms with van der Waals surface area (Å²) < 4.78 is 10.5. The molecule has 1 aromatic rings. The summed E-state index contributed by atoms with van der Waals surface area (Å²) in [7, 11) is 0. The van der Waals surface area contributed by atoms with E-state index < -0.39 is 0 Å². The van der Waals surface area contributed by atoms with E-state index in [2.05, 4.69) is 6.58 Å². The molecule has 0 aliphatic rings. The van der Waals surface area contributed by atoms with Gasteiger partial charge in [-0.05, 0) is 31.5 Å². The van der Waals surface area contributed by atoms with Crippen molar-refractivity contribution in [3.05, 3.63) is 36.4 Å². The molecule has 0 N–H and O–H groups in total. The number of hydrogen-bond acceptors (Lipinski definition) is 2. The van der Waals surface area contributed by atoms with Crippen molar-refractivity contribution < 1.29 is 9.47 Å². The smallest absolute Gasteiger partial charge is 0.189 e. The molecule has 0 saturated carbocycles. The van der Waals surface area contributed by atoms with Crippen LogP contribution in [0.25, 0.3) is 5.57 Å². The first-order valence-electron chi connectivity index (χ1n) is 4.70. The van der Waals surface area contributed by atoms with Crippen LogP contribution in [0.15, 0.2) is 30.8 Å². The molecule has 0 bridgehead atoms. The molecule has 0 fully saturated rings. The van der Waals surface area contributed by atoms with Crippen molar-refractivity contribution in [1.29, 1.82) is 0 Å². The zero-order valence-corrected chi connectivity index (χ0v) is 8.75. The topological polar surface area (TPSA) is 18.5 Å². The van der Waals surface area contributed by atoms with Gasteiger partial charge in [0.1, 0.15) is 5.75 Å². The number of hydrogen-bond donors (Lipinski definition) is 0. The summed E-state index contributed by atoms with van der Waals surface area (Å²) in [6.45, 7) is 8.76. The highest BCUT2D eigenvalue weighted by Gasteiger charge is 1.96. The van der Waals surface area contributed by atoms with E-state index in [1.54, 1.807) is 0 Å². The standard InChI is InChI=1S/C12H16O2/c1-4-13-9-14-12-7-5-6-11(8-12)10(2)3/h5-8H,2,4,9H2,1,3H3. The second kappa shape index (κ2) is 5.45. The molecule has 1 rings (SSSR count). The van der Waals surface area contributed by atoms with Crippen molar-refractivity contribution in [1.82, 2.24) is 0 Å². The lowest BCUT2D eigenvalue weighted by molar-refractivity contribution is 0.0224. The Hall–Kier alpha value is -1.28. The van der Waals surface area contributed by atoms with Crippen molar-refractivity contribution in [2.45, 2.75) is 13.8 Å². The normalized spacial score (nSPS) is 9.86. The summed E-state index contributed by atoms with van der Waals surface area (Å²) in [5.74, 6) is 0.818. The molecule has 0 amide bonds. The van der Waals surface area contributed by atoms with Gasteiger partial charge in [-0.3, -0.25) is 0 Å². The lowest BCUT2D eigenvalue weighted by atomic mass is 10.1. The molecule has 2 heteroatoms. The predicted octanol–water partition coefficient (Wildman–Crippen LogP) is 3.09. The van der Waals surface area contributed by atoms with E-state index in [-0.39, 0.29) is 0 Å². The van der Waals surface area contributed by atoms with Crippen LogP contribution in [-0.2, 0) is 4.74 Å². The van der Waals surface area contributed by atoms with Gasteiger partial charge in [0, 0.05) is 6.61 Å². The van der Waals surface area contributed by atoms with E-state index in [4.69, 9.17) is 9.47 Å². The predicted molar refractivity (Wildman–Crippen MR) is 58.3 cm³/mol. The van der Waals surface area contributed by atoms with Gasteiger partial charge in [-0.2, -0.15) is 0 Å². The fourth-order valence-electron chi connectivity index (χ4n) is 1.04. The zero-order valence-electron chi connectivity index (χ0n) is 8.75. The van der Waals surface area contributed by atoms with Crippen molar-refractivity contribution in [2.24, 2.45) is 0 Å². The zero-order chi connectivity index (χ0) is 10.4. The molecule has 0 saturated heterocycles. The molecular formula is C12H16O2. The second-order valence-corrected chi connectivity index (χ2v) is 3.06. The Balaban J connectivity index is 2.59. The van der Waals surface area contributed by atoms with Crippen LogP contribution in [0.1, 0.15) is 19.4 Å². The van der Waals surface area contributed by atoms with Crippen molar-refractivity contribution in [2.75, 3.05) is 13.4 Å². The van der Waals surface area contributed by atoms with Crippen LogP contribution >= 0.6 is 0 Å². The van der Waals surface area contributed by atoms with Gasteiger partial charge in [0.25, 0.3) is 0 Å². The summed E-state index contributed by atoms with van der Waals surface area (Å²) in [6.07, 6.45) is 0. The summed E-state index contributed by atoms with van der Waals surface area (Å²) in [6, 6.07) is 7.83. The first kappa shape index (κ1) is 10.8. The van der Waals surface area contributed by atoms with Gasteiger partial charge < -0.3 is 9.47 Å². The summed E-state index contributed by atoms with van der Waals surface area (Å²) in [5, 5.41) is 0. The minimum absolute atomic E-state index is 0.302. The average molecular weight is 192 g/mol. The SMILES string of the molecule is C=C(C)c1cccc(OCOCC)c1. The van der Waals surface area contributed by atoms with E-state index in [0.717, 1.165) is 16.9 Å². The highest BCUT2D eigenvalue weighted by atomic mass is 16.7. The summed E-state index contributed by atoms with van der Waals surface area (Å²) >= 11 is 0. The lowest BCUT2D eigenvalue weighted by Crippen LogP contribution is -2.01. The van der Waals surface area contributed by atoms with Gasteiger partial charge in [0.05, 0.1) is 0 Å². The van der Waals surface area contributed by atoms with Crippen LogP contribution in [0.5, 0.6) is 5.75 Å². The third kappa shape index (κ3) is 3.23. The number of ether oxygens (including phenoxy) is 2. The van der Waals surface area contributed by atoms with Crippen molar-refractivity contribution in [3.8, 4) is 5.75 Å². The minimum Gasteiger partial charge on any atom is -0.468 e.